The highest BCUT2D eigenvalue weighted by Gasteiger charge is 2.05. The van der Waals surface area contributed by atoms with Crippen molar-refractivity contribution < 1.29 is 13.5 Å². The molecule has 0 aliphatic carbocycles. The summed E-state index contributed by atoms with van der Waals surface area (Å²) in [5.74, 6) is -0.355. The summed E-state index contributed by atoms with van der Waals surface area (Å²) in [6.45, 7) is 6.51. The number of nitrogens with zero attached hydrogens (tertiary/aromatic N) is 1. The molecule has 0 atom stereocenters. The van der Waals surface area contributed by atoms with Crippen LogP contribution in [-0.2, 0) is 24.4 Å². The van der Waals surface area contributed by atoms with Crippen molar-refractivity contribution in [1.29, 1.82) is 0 Å². The number of aliphatic imine (C=N–C) groups is 1. The average molecular weight is 489 g/mol. The normalized spacial score (nSPS) is 11.0. The minimum atomic E-state index is -0.461. The van der Waals surface area contributed by atoms with Crippen LogP contribution in [0.4, 0.5) is 8.78 Å². The molecule has 0 aliphatic rings. The van der Waals surface area contributed by atoms with Gasteiger partial charge in [0, 0.05) is 25.3 Å². The van der Waals surface area contributed by atoms with E-state index < -0.39 is 11.6 Å². The van der Waals surface area contributed by atoms with E-state index in [0.717, 1.165) is 23.3 Å². The van der Waals surface area contributed by atoms with Gasteiger partial charge in [-0.15, -0.1) is 24.0 Å². The Balaban J connectivity index is 0.00000364. The van der Waals surface area contributed by atoms with Gasteiger partial charge in [-0.25, -0.2) is 13.8 Å². The molecule has 2 N–H and O–H groups in total. The molecule has 0 bridgehead atoms. The number of halogens is 3. The van der Waals surface area contributed by atoms with Crippen LogP contribution in [0.15, 0.2) is 47.5 Å². The number of rotatable bonds is 8. The molecule has 0 heterocycles. The van der Waals surface area contributed by atoms with Gasteiger partial charge in [0.05, 0.1) is 13.2 Å². The number of guanidine groups is 1. The van der Waals surface area contributed by atoms with Gasteiger partial charge in [0.15, 0.2) is 5.96 Å². The second kappa shape index (κ2) is 12.6. The molecular weight excluding hydrogens is 463 g/mol. The molecule has 0 saturated heterocycles. The SMILES string of the molecule is CCNC(=NCc1ccc(COCC)cc1)NCc1cc(F)ccc1F.I. The molecule has 2 aromatic rings. The van der Waals surface area contributed by atoms with E-state index in [9.17, 15) is 8.78 Å². The quantitative estimate of drug-likeness (QED) is 0.329. The van der Waals surface area contributed by atoms with Crippen LogP contribution in [0.2, 0.25) is 0 Å². The Morgan fingerprint density at radius 3 is 2.37 bits per heavy atom. The van der Waals surface area contributed by atoms with Crippen molar-refractivity contribution in [1.82, 2.24) is 10.6 Å². The highest BCUT2D eigenvalue weighted by Crippen LogP contribution is 2.10. The second-order valence-electron chi connectivity index (χ2n) is 5.74. The standard InChI is InChI=1S/C20H25F2N3O.HI/c1-3-23-20(25-13-17-11-18(21)9-10-19(17)22)24-12-15-5-7-16(8-6-15)14-26-4-2;/h5-11H,3-4,12-14H2,1-2H3,(H2,23,24,25);1H. The van der Waals surface area contributed by atoms with E-state index in [1.807, 2.05) is 38.1 Å². The van der Waals surface area contributed by atoms with Gasteiger partial charge in [-0.3, -0.25) is 0 Å². The van der Waals surface area contributed by atoms with Crippen LogP contribution in [-0.4, -0.2) is 19.1 Å². The van der Waals surface area contributed by atoms with Crippen LogP contribution < -0.4 is 10.6 Å². The van der Waals surface area contributed by atoms with Crippen molar-refractivity contribution in [3.8, 4) is 0 Å². The first-order valence-corrected chi connectivity index (χ1v) is 8.74. The van der Waals surface area contributed by atoms with E-state index in [0.29, 0.717) is 32.3 Å². The fourth-order valence-corrected chi connectivity index (χ4v) is 2.33. The van der Waals surface area contributed by atoms with Crippen molar-refractivity contribution in [3.63, 3.8) is 0 Å². The minimum Gasteiger partial charge on any atom is -0.377 e. The van der Waals surface area contributed by atoms with Crippen molar-refractivity contribution >= 4 is 29.9 Å². The molecule has 0 fully saturated rings. The first-order chi connectivity index (χ1) is 12.6. The van der Waals surface area contributed by atoms with Gasteiger partial charge in [-0.05, 0) is 43.2 Å². The number of hydrogen-bond acceptors (Lipinski definition) is 2. The lowest BCUT2D eigenvalue weighted by Crippen LogP contribution is -2.37. The Morgan fingerprint density at radius 1 is 1.00 bits per heavy atom. The van der Waals surface area contributed by atoms with Gasteiger partial charge in [0.1, 0.15) is 11.6 Å². The Bertz CT molecular complexity index is 724. The lowest BCUT2D eigenvalue weighted by Gasteiger charge is -2.12. The zero-order valence-electron chi connectivity index (χ0n) is 15.6. The van der Waals surface area contributed by atoms with Crippen LogP contribution >= 0.6 is 24.0 Å². The molecule has 148 valence electrons. The topological polar surface area (TPSA) is 45.7 Å². The fraction of sp³-hybridized carbons (Fsp3) is 0.350. The molecule has 7 heteroatoms. The summed E-state index contributed by atoms with van der Waals surface area (Å²) in [7, 11) is 0. The first-order valence-electron chi connectivity index (χ1n) is 8.74. The van der Waals surface area contributed by atoms with Crippen molar-refractivity contribution in [3.05, 3.63) is 70.8 Å². The summed E-state index contributed by atoms with van der Waals surface area (Å²) in [5.41, 5.74) is 2.43. The Kier molecular flexibility index (Phi) is 10.9. The van der Waals surface area contributed by atoms with Crippen molar-refractivity contribution in [2.75, 3.05) is 13.2 Å². The average Bonchev–Trinajstić information content (AvgIpc) is 2.65. The summed E-state index contributed by atoms with van der Waals surface area (Å²) >= 11 is 0. The molecule has 0 unspecified atom stereocenters. The number of hydrogen-bond donors (Lipinski definition) is 2. The van der Waals surface area contributed by atoms with E-state index in [4.69, 9.17) is 4.74 Å². The molecule has 0 saturated carbocycles. The predicted molar refractivity (Wildman–Crippen MR) is 115 cm³/mol. The minimum absolute atomic E-state index is 0. The van der Waals surface area contributed by atoms with Crippen molar-refractivity contribution in [2.24, 2.45) is 4.99 Å². The van der Waals surface area contributed by atoms with Gasteiger partial charge in [-0.2, -0.15) is 0 Å². The third-order valence-electron chi connectivity index (χ3n) is 3.71. The summed E-state index contributed by atoms with van der Waals surface area (Å²) in [6.07, 6.45) is 0. The highest BCUT2D eigenvalue weighted by molar-refractivity contribution is 14.0. The molecule has 0 aromatic heterocycles. The van der Waals surface area contributed by atoms with Gasteiger partial charge in [-0.1, -0.05) is 24.3 Å². The van der Waals surface area contributed by atoms with Crippen molar-refractivity contribution in [2.45, 2.75) is 33.5 Å². The Morgan fingerprint density at radius 2 is 1.70 bits per heavy atom. The summed E-state index contributed by atoms with van der Waals surface area (Å²) < 4.78 is 32.3. The highest BCUT2D eigenvalue weighted by atomic mass is 127. The van der Waals surface area contributed by atoms with E-state index in [2.05, 4.69) is 15.6 Å². The maximum Gasteiger partial charge on any atom is 0.191 e. The van der Waals surface area contributed by atoms with E-state index in [-0.39, 0.29) is 36.1 Å². The van der Waals surface area contributed by atoms with E-state index in [1.165, 1.54) is 6.07 Å². The molecule has 2 rings (SSSR count). The van der Waals surface area contributed by atoms with Gasteiger partial charge < -0.3 is 15.4 Å². The van der Waals surface area contributed by atoms with Crippen LogP contribution in [0.3, 0.4) is 0 Å². The number of nitrogens with one attached hydrogen (secondary N) is 2. The molecule has 0 aliphatic heterocycles. The molecule has 2 aromatic carbocycles. The third-order valence-corrected chi connectivity index (χ3v) is 3.71. The third kappa shape index (κ3) is 8.21. The van der Waals surface area contributed by atoms with Crippen LogP contribution in [0.25, 0.3) is 0 Å². The predicted octanol–water partition coefficient (Wildman–Crippen LogP) is 4.37. The molecular formula is C20H26F2IN3O. The van der Waals surface area contributed by atoms with Crippen LogP contribution in [0, 0.1) is 11.6 Å². The molecule has 0 amide bonds. The smallest absolute Gasteiger partial charge is 0.191 e. The molecule has 4 nitrogen and oxygen atoms in total. The second-order valence-corrected chi connectivity index (χ2v) is 5.74. The van der Waals surface area contributed by atoms with Gasteiger partial charge in [0.2, 0.25) is 0 Å². The Labute approximate surface area is 176 Å². The molecule has 27 heavy (non-hydrogen) atoms. The Hall–Kier alpha value is -1.74. The monoisotopic (exact) mass is 489 g/mol. The maximum atomic E-state index is 13.7. The number of benzene rings is 2. The van der Waals surface area contributed by atoms with Gasteiger partial charge in [0.25, 0.3) is 0 Å². The molecule has 0 spiro atoms. The summed E-state index contributed by atoms with van der Waals surface area (Å²) in [4.78, 5) is 4.49. The maximum absolute atomic E-state index is 13.7. The van der Waals surface area contributed by atoms with Crippen LogP contribution in [0.1, 0.15) is 30.5 Å². The van der Waals surface area contributed by atoms with E-state index in [1.54, 1.807) is 0 Å². The largest absolute Gasteiger partial charge is 0.377 e. The molecule has 0 radical (unpaired) electrons. The first kappa shape index (κ1) is 23.3. The lowest BCUT2D eigenvalue weighted by atomic mass is 10.1. The zero-order valence-corrected chi connectivity index (χ0v) is 17.9. The van der Waals surface area contributed by atoms with Gasteiger partial charge >= 0.3 is 0 Å². The summed E-state index contributed by atoms with van der Waals surface area (Å²) in [5, 5.41) is 6.13. The summed E-state index contributed by atoms with van der Waals surface area (Å²) in [6, 6.07) is 11.5. The van der Waals surface area contributed by atoms with Crippen LogP contribution in [0.5, 0.6) is 0 Å². The number of ether oxygens (including phenoxy) is 1. The van der Waals surface area contributed by atoms with E-state index >= 15 is 0 Å². The fourth-order valence-electron chi connectivity index (χ4n) is 2.33. The zero-order chi connectivity index (χ0) is 18.8. The lowest BCUT2D eigenvalue weighted by molar-refractivity contribution is 0.134.